The van der Waals surface area contributed by atoms with E-state index in [1.165, 1.54) is 29.2 Å². The van der Waals surface area contributed by atoms with Gasteiger partial charge in [-0.3, -0.25) is 19.7 Å². The fourth-order valence-electron chi connectivity index (χ4n) is 3.31. The first-order valence-electron chi connectivity index (χ1n) is 11.0. The van der Waals surface area contributed by atoms with Crippen LogP contribution in [-0.2, 0) is 10.2 Å². The van der Waals surface area contributed by atoms with Gasteiger partial charge in [-0.2, -0.15) is 5.10 Å². The van der Waals surface area contributed by atoms with Gasteiger partial charge >= 0.3 is 0 Å². The number of aromatic nitrogens is 2. The summed E-state index contributed by atoms with van der Waals surface area (Å²) in [6.07, 6.45) is 0. The Morgan fingerprint density at radius 3 is 2.24 bits per heavy atom. The number of amides is 2. The van der Waals surface area contributed by atoms with Crippen molar-refractivity contribution >= 4 is 23.3 Å². The molecular formula is C25H29N5O4. The standard InChI is InChI=1S/C25H29N5O4/c1-6-28(24(32)18-9-13-20(14-10-18)30(33)34)16-23(31)26-22-15-21(25(3,4)5)27-29(22)19-11-7-17(2)8-12-19/h7-15H,6,16H2,1-5H3,(H,26,31). The lowest BCUT2D eigenvalue weighted by molar-refractivity contribution is -0.384. The van der Waals surface area contributed by atoms with Gasteiger partial charge in [0, 0.05) is 35.7 Å². The molecule has 0 aliphatic heterocycles. The normalized spacial score (nSPS) is 11.2. The van der Waals surface area contributed by atoms with Gasteiger partial charge in [-0.1, -0.05) is 38.5 Å². The van der Waals surface area contributed by atoms with Crippen molar-refractivity contribution in [2.24, 2.45) is 0 Å². The van der Waals surface area contributed by atoms with E-state index in [0.717, 1.165) is 16.9 Å². The van der Waals surface area contributed by atoms with Crippen molar-refractivity contribution in [2.45, 2.75) is 40.0 Å². The molecule has 0 unspecified atom stereocenters. The minimum absolute atomic E-state index is 0.101. The Balaban J connectivity index is 1.81. The zero-order valence-electron chi connectivity index (χ0n) is 20.0. The van der Waals surface area contributed by atoms with Crippen LogP contribution in [0.4, 0.5) is 11.5 Å². The number of non-ortho nitro benzene ring substituents is 1. The van der Waals surface area contributed by atoms with Crippen molar-refractivity contribution in [3.63, 3.8) is 0 Å². The number of hydrogen-bond donors (Lipinski definition) is 1. The van der Waals surface area contributed by atoms with Gasteiger partial charge in [0.05, 0.1) is 16.3 Å². The van der Waals surface area contributed by atoms with Gasteiger partial charge in [-0.25, -0.2) is 4.68 Å². The van der Waals surface area contributed by atoms with Crippen LogP contribution < -0.4 is 5.32 Å². The molecule has 0 fully saturated rings. The zero-order chi connectivity index (χ0) is 25.0. The average molecular weight is 464 g/mol. The lowest BCUT2D eigenvalue weighted by atomic mass is 9.92. The third kappa shape index (κ3) is 5.67. The van der Waals surface area contributed by atoms with Crippen molar-refractivity contribution in [3.05, 3.63) is 81.5 Å². The highest BCUT2D eigenvalue weighted by atomic mass is 16.6. The Hall–Kier alpha value is -4.01. The SMILES string of the molecule is CCN(CC(=O)Nc1cc(C(C)(C)C)nn1-c1ccc(C)cc1)C(=O)c1ccc([N+](=O)[O-])cc1. The summed E-state index contributed by atoms with van der Waals surface area (Å²) >= 11 is 0. The van der Waals surface area contributed by atoms with Gasteiger partial charge in [-0.05, 0) is 38.1 Å². The summed E-state index contributed by atoms with van der Waals surface area (Å²) in [7, 11) is 0. The summed E-state index contributed by atoms with van der Waals surface area (Å²) in [5, 5.41) is 18.4. The van der Waals surface area contributed by atoms with E-state index in [1.54, 1.807) is 11.6 Å². The van der Waals surface area contributed by atoms with Crippen LogP contribution in [0, 0.1) is 17.0 Å². The number of nitrogens with zero attached hydrogens (tertiary/aromatic N) is 4. The summed E-state index contributed by atoms with van der Waals surface area (Å²) in [5.74, 6) is -0.238. The fourth-order valence-corrected chi connectivity index (χ4v) is 3.31. The Bertz CT molecular complexity index is 1190. The van der Waals surface area contributed by atoms with Crippen LogP contribution in [-0.4, -0.2) is 44.5 Å². The van der Waals surface area contributed by atoms with E-state index < -0.39 is 4.92 Å². The number of rotatable bonds is 7. The molecule has 34 heavy (non-hydrogen) atoms. The number of nitrogens with one attached hydrogen (secondary N) is 1. The number of anilines is 1. The second kappa shape index (κ2) is 9.86. The highest BCUT2D eigenvalue weighted by Gasteiger charge is 2.23. The highest BCUT2D eigenvalue weighted by molar-refractivity contribution is 5.99. The minimum atomic E-state index is -0.525. The molecule has 2 amide bonds. The van der Waals surface area contributed by atoms with Crippen LogP contribution >= 0.6 is 0 Å². The highest BCUT2D eigenvalue weighted by Crippen LogP contribution is 2.26. The summed E-state index contributed by atoms with van der Waals surface area (Å²) in [4.78, 5) is 37.5. The molecule has 9 heteroatoms. The Morgan fingerprint density at radius 2 is 1.71 bits per heavy atom. The zero-order valence-corrected chi connectivity index (χ0v) is 20.0. The Kier molecular flexibility index (Phi) is 7.14. The van der Waals surface area contributed by atoms with Crippen molar-refractivity contribution in [3.8, 4) is 5.69 Å². The number of benzene rings is 2. The lowest BCUT2D eigenvalue weighted by Gasteiger charge is -2.20. The number of nitro groups is 1. The Labute approximate surface area is 198 Å². The van der Waals surface area contributed by atoms with Crippen molar-refractivity contribution in [2.75, 3.05) is 18.4 Å². The maximum Gasteiger partial charge on any atom is 0.269 e. The van der Waals surface area contributed by atoms with E-state index in [2.05, 4.69) is 5.32 Å². The smallest absolute Gasteiger partial charge is 0.269 e. The first kappa shape index (κ1) is 24.6. The molecule has 0 aliphatic rings. The molecule has 1 N–H and O–H groups in total. The molecule has 1 aromatic heterocycles. The van der Waals surface area contributed by atoms with Crippen molar-refractivity contribution < 1.29 is 14.5 Å². The average Bonchev–Trinajstić information content (AvgIpc) is 3.21. The molecule has 9 nitrogen and oxygen atoms in total. The van der Waals surface area contributed by atoms with Crippen LogP contribution in [0.2, 0.25) is 0 Å². The molecule has 0 saturated heterocycles. The number of likely N-dealkylation sites (N-methyl/N-ethyl adjacent to an activating group) is 1. The maximum absolute atomic E-state index is 12.9. The molecule has 0 radical (unpaired) electrons. The summed E-state index contributed by atoms with van der Waals surface area (Å²) in [5.41, 5.74) is 2.69. The quantitative estimate of drug-likeness (QED) is 0.410. The third-order valence-electron chi connectivity index (χ3n) is 5.35. The molecular weight excluding hydrogens is 434 g/mol. The second-order valence-electron chi connectivity index (χ2n) is 9.08. The van der Waals surface area contributed by atoms with Crippen molar-refractivity contribution in [1.82, 2.24) is 14.7 Å². The summed E-state index contributed by atoms with van der Waals surface area (Å²) in [6.45, 7) is 10.0. The number of aryl methyl sites for hydroxylation is 1. The molecule has 0 aliphatic carbocycles. The molecule has 2 aromatic carbocycles. The van der Waals surface area contributed by atoms with E-state index >= 15 is 0 Å². The lowest BCUT2D eigenvalue weighted by Crippen LogP contribution is -2.38. The van der Waals surface area contributed by atoms with Crippen molar-refractivity contribution in [1.29, 1.82) is 0 Å². The van der Waals surface area contributed by atoms with Gasteiger partial charge in [0.1, 0.15) is 12.4 Å². The number of nitro benzene ring substituents is 1. The predicted molar refractivity (Wildman–Crippen MR) is 130 cm³/mol. The van der Waals surface area contributed by atoms with Crippen LogP contribution in [0.1, 0.15) is 49.3 Å². The van der Waals surface area contributed by atoms with Gasteiger partial charge in [0.25, 0.3) is 11.6 Å². The molecule has 1 heterocycles. The topological polar surface area (TPSA) is 110 Å². The number of carbonyl (C=O) groups is 2. The number of carbonyl (C=O) groups excluding carboxylic acids is 2. The predicted octanol–water partition coefficient (Wildman–Crippen LogP) is 4.49. The van der Waals surface area contributed by atoms with E-state index in [9.17, 15) is 19.7 Å². The van der Waals surface area contributed by atoms with E-state index in [4.69, 9.17) is 5.10 Å². The first-order chi connectivity index (χ1) is 16.0. The molecule has 3 aromatic rings. The van der Waals surface area contributed by atoms with Crippen LogP contribution in [0.5, 0.6) is 0 Å². The van der Waals surface area contributed by atoms with E-state index in [0.29, 0.717) is 12.4 Å². The molecule has 3 rings (SSSR count). The van der Waals surface area contributed by atoms with Gasteiger partial charge in [-0.15, -0.1) is 0 Å². The number of hydrogen-bond acceptors (Lipinski definition) is 5. The minimum Gasteiger partial charge on any atom is -0.330 e. The van der Waals surface area contributed by atoms with Crippen LogP contribution in [0.15, 0.2) is 54.6 Å². The van der Waals surface area contributed by atoms with Crippen LogP contribution in [0.3, 0.4) is 0 Å². The summed E-state index contributed by atoms with van der Waals surface area (Å²) < 4.78 is 1.69. The largest absolute Gasteiger partial charge is 0.330 e. The molecule has 0 spiro atoms. The molecule has 178 valence electrons. The maximum atomic E-state index is 12.9. The molecule has 0 bridgehead atoms. The monoisotopic (exact) mass is 463 g/mol. The Morgan fingerprint density at radius 1 is 1.09 bits per heavy atom. The molecule has 0 saturated carbocycles. The summed E-state index contributed by atoms with van der Waals surface area (Å²) in [6, 6.07) is 15.0. The fraction of sp³-hybridized carbons (Fsp3) is 0.320. The van der Waals surface area contributed by atoms with E-state index in [-0.39, 0.29) is 35.0 Å². The van der Waals surface area contributed by atoms with Gasteiger partial charge in [0.2, 0.25) is 5.91 Å². The van der Waals surface area contributed by atoms with E-state index in [1.807, 2.05) is 58.0 Å². The first-order valence-corrected chi connectivity index (χ1v) is 11.0. The second-order valence-corrected chi connectivity index (χ2v) is 9.08. The molecule has 0 atom stereocenters. The van der Waals surface area contributed by atoms with Gasteiger partial charge in [0.15, 0.2) is 0 Å². The third-order valence-corrected chi connectivity index (χ3v) is 5.35. The van der Waals surface area contributed by atoms with Gasteiger partial charge < -0.3 is 10.2 Å². The van der Waals surface area contributed by atoms with Crippen LogP contribution in [0.25, 0.3) is 5.69 Å².